The second-order valence-electron chi connectivity index (χ2n) is 7.38. The van der Waals surface area contributed by atoms with Crippen LogP contribution in [0.4, 0.5) is 0 Å². The third-order valence-electron chi connectivity index (χ3n) is 5.14. The molecule has 21 heavy (non-hydrogen) atoms. The lowest BCUT2D eigenvalue weighted by atomic mass is 9.73. The number of imidazole rings is 1. The molecule has 1 aliphatic carbocycles. The van der Waals surface area contributed by atoms with Gasteiger partial charge in [0, 0.05) is 29.8 Å². The fourth-order valence-corrected chi connectivity index (χ4v) is 4.14. The van der Waals surface area contributed by atoms with E-state index in [4.69, 9.17) is 10.7 Å². The van der Waals surface area contributed by atoms with Crippen molar-refractivity contribution in [3.8, 4) is 11.3 Å². The zero-order valence-corrected chi connectivity index (χ0v) is 13.1. The number of benzene rings is 1. The number of hydrogen-bond donors (Lipinski definition) is 1. The van der Waals surface area contributed by atoms with Gasteiger partial charge in [0.15, 0.2) is 0 Å². The van der Waals surface area contributed by atoms with Gasteiger partial charge in [0.05, 0.1) is 5.69 Å². The second-order valence-corrected chi connectivity index (χ2v) is 7.38. The predicted molar refractivity (Wildman–Crippen MR) is 85.4 cm³/mol. The summed E-state index contributed by atoms with van der Waals surface area (Å²) in [7, 11) is 0. The molecule has 2 aromatic rings. The maximum atomic E-state index is 6.25. The van der Waals surface area contributed by atoms with E-state index < -0.39 is 0 Å². The van der Waals surface area contributed by atoms with Gasteiger partial charge in [-0.15, -0.1) is 0 Å². The van der Waals surface area contributed by atoms with Gasteiger partial charge in [0.25, 0.3) is 0 Å². The fourth-order valence-electron chi connectivity index (χ4n) is 4.14. The molecular weight excluding hydrogens is 258 g/mol. The molecule has 2 aliphatic rings. The van der Waals surface area contributed by atoms with Crippen LogP contribution in [0, 0.1) is 0 Å². The Morgan fingerprint density at radius 1 is 1.29 bits per heavy atom. The van der Waals surface area contributed by atoms with E-state index in [1.807, 2.05) is 0 Å². The van der Waals surface area contributed by atoms with E-state index in [2.05, 4.69) is 49.6 Å². The Morgan fingerprint density at radius 2 is 2.05 bits per heavy atom. The Bertz CT molecular complexity index is 711. The lowest BCUT2D eigenvalue weighted by molar-refractivity contribution is 0.390. The number of fused-ring (bicyclic) bond motifs is 5. The highest BCUT2D eigenvalue weighted by Gasteiger charge is 2.37. The van der Waals surface area contributed by atoms with Gasteiger partial charge in [-0.3, -0.25) is 0 Å². The highest BCUT2D eigenvalue weighted by molar-refractivity contribution is 5.71. The lowest BCUT2D eigenvalue weighted by Crippen LogP contribution is -2.35. The minimum atomic E-state index is 0.158. The molecule has 0 saturated heterocycles. The van der Waals surface area contributed by atoms with E-state index in [-0.39, 0.29) is 11.5 Å². The number of rotatable bonds is 0. The Morgan fingerprint density at radius 3 is 2.86 bits per heavy atom. The first-order chi connectivity index (χ1) is 9.97. The third-order valence-corrected chi connectivity index (χ3v) is 5.14. The van der Waals surface area contributed by atoms with Gasteiger partial charge in [-0.1, -0.05) is 45.0 Å². The molecular formula is C18H23N3. The average Bonchev–Trinajstić information content (AvgIpc) is 2.78. The maximum absolute atomic E-state index is 6.25. The highest BCUT2D eigenvalue weighted by atomic mass is 15.1. The summed E-state index contributed by atoms with van der Waals surface area (Å²) in [5.41, 5.74) is 11.7. The van der Waals surface area contributed by atoms with Crippen LogP contribution >= 0.6 is 0 Å². The van der Waals surface area contributed by atoms with Gasteiger partial charge in [0.2, 0.25) is 0 Å². The molecule has 1 aromatic carbocycles. The molecule has 2 heterocycles. The van der Waals surface area contributed by atoms with Gasteiger partial charge >= 0.3 is 0 Å². The van der Waals surface area contributed by atoms with Crippen LogP contribution in [0.15, 0.2) is 24.3 Å². The van der Waals surface area contributed by atoms with E-state index in [0.717, 1.165) is 19.4 Å². The molecule has 3 heteroatoms. The molecule has 1 aromatic heterocycles. The summed E-state index contributed by atoms with van der Waals surface area (Å²) in [4.78, 5) is 5.02. The summed E-state index contributed by atoms with van der Waals surface area (Å²) in [5.74, 6) is 1.68. The van der Waals surface area contributed by atoms with Crippen molar-refractivity contribution >= 4 is 0 Å². The van der Waals surface area contributed by atoms with Crippen molar-refractivity contribution in [3.63, 3.8) is 0 Å². The monoisotopic (exact) mass is 281 g/mol. The molecule has 0 spiro atoms. The summed E-state index contributed by atoms with van der Waals surface area (Å²) in [6, 6.07) is 8.99. The predicted octanol–water partition coefficient (Wildman–Crippen LogP) is 3.22. The van der Waals surface area contributed by atoms with Gasteiger partial charge in [0.1, 0.15) is 5.82 Å². The quantitative estimate of drug-likeness (QED) is 0.805. The van der Waals surface area contributed by atoms with Crippen molar-refractivity contribution in [2.24, 2.45) is 5.73 Å². The van der Waals surface area contributed by atoms with Crippen LogP contribution in [0.1, 0.15) is 50.2 Å². The maximum Gasteiger partial charge on any atom is 0.112 e. The lowest BCUT2D eigenvalue weighted by Gasteiger charge is -2.34. The summed E-state index contributed by atoms with van der Waals surface area (Å²) >= 11 is 0. The first-order valence-electron chi connectivity index (χ1n) is 7.92. The highest BCUT2D eigenvalue weighted by Crippen LogP contribution is 2.44. The molecule has 0 amide bonds. The Hall–Kier alpha value is -1.61. The van der Waals surface area contributed by atoms with Crippen LogP contribution in [0.2, 0.25) is 0 Å². The van der Waals surface area contributed by atoms with Gasteiger partial charge in [-0.25, -0.2) is 4.98 Å². The smallest absolute Gasteiger partial charge is 0.112 e. The normalized spacial score (nSPS) is 25.9. The van der Waals surface area contributed by atoms with Crippen LogP contribution in [-0.2, 0) is 18.4 Å². The van der Waals surface area contributed by atoms with E-state index >= 15 is 0 Å². The molecule has 2 N–H and O–H groups in total. The Kier molecular flexibility index (Phi) is 2.62. The second kappa shape index (κ2) is 4.20. The van der Waals surface area contributed by atoms with Crippen molar-refractivity contribution in [1.82, 2.24) is 9.55 Å². The van der Waals surface area contributed by atoms with Crippen molar-refractivity contribution in [3.05, 3.63) is 41.3 Å². The van der Waals surface area contributed by atoms with Crippen molar-refractivity contribution in [2.45, 2.75) is 57.5 Å². The van der Waals surface area contributed by atoms with E-state index in [0.29, 0.717) is 5.92 Å². The fraction of sp³-hybridized carbons (Fsp3) is 0.500. The van der Waals surface area contributed by atoms with Crippen LogP contribution in [-0.4, -0.2) is 15.6 Å². The van der Waals surface area contributed by atoms with Gasteiger partial charge in [-0.2, -0.15) is 0 Å². The minimum absolute atomic E-state index is 0.158. The number of hydrogen-bond acceptors (Lipinski definition) is 2. The largest absolute Gasteiger partial charge is 0.330 e. The van der Waals surface area contributed by atoms with Gasteiger partial charge in [-0.05, 0) is 23.8 Å². The molecule has 4 rings (SSSR count). The molecule has 1 aliphatic heterocycles. The zero-order valence-electron chi connectivity index (χ0n) is 13.1. The summed E-state index contributed by atoms with van der Waals surface area (Å²) in [6.45, 7) is 7.84. The summed E-state index contributed by atoms with van der Waals surface area (Å²) in [5, 5.41) is 0. The van der Waals surface area contributed by atoms with E-state index in [9.17, 15) is 0 Å². The molecule has 110 valence electrons. The minimum Gasteiger partial charge on any atom is -0.330 e. The number of aromatic nitrogens is 2. The average molecular weight is 281 g/mol. The van der Waals surface area contributed by atoms with E-state index in [1.165, 1.54) is 28.3 Å². The van der Waals surface area contributed by atoms with Crippen LogP contribution in [0.5, 0.6) is 0 Å². The Balaban J connectivity index is 1.98. The number of nitrogens with two attached hydrogens (primary N) is 1. The molecule has 0 bridgehead atoms. The van der Waals surface area contributed by atoms with Crippen LogP contribution < -0.4 is 5.73 Å². The molecule has 0 saturated carbocycles. The van der Waals surface area contributed by atoms with Crippen molar-refractivity contribution < 1.29 is 0 Å². The van der Waals surface area contributed by atoms with Crippen LogP contribution in [0.25, 0.3) is 11.3 Å². The Labute approximate surface area is 126 Å². The SMILES string of the molecule is CC1CC(N)Cn2c1nc1c2CC(C)(C)c2ccccc2-1. The summed E-state index contributed by atoms with van der Waals surface area (Å²) in [6.07, 6.45) is 2.09. The van der Waals surface area contributed by atoms with Crippen molar-refractivity contribution in [2.75, 3.05) is 0 Å². The summed E-state index contributed by atoms with van der Waals surface area (Å²) < 4.78 is 2.41. The first kappa shape index (κ1) is 13.1. The zero-order chi connectivity index (χ0) is 14.8. The first-order valence-corrected chi connectivity index (χ1v) is 7.92. The molecule has 2 unspecified atom stereocenters. The molecule has 0 fully saturated rings. The third kappa shape index (κ3) is 1.80. The van der Waals surface area contributed by atoms with Gasteiger partial charge < -0.3 is 10.3 Å². The topological polar surface area (TPSA) is 43.8 Å². The molecule has 3 nitrogen and oxygen atoms in total. The molecule has 2 atom stereocenters. The van der Waals surface area contributed by atoms with Crippen LogP contribution in [0.3, 0.4) is 0 Å². The number of nitrogens with zero attached hydrogens (tertiary/aromatic N) is 2. The molecule has 0 radical (unpaired) electrons. The van der Waals surface area contributed by atoms with Crippen molar-refractivity contribution in [1.29, 1.82) is 0 Å². The standard InChI is InChI=1S/C18H23N3/c1-11-8-12(19)10-21-15-9-18(2,3)14-7-5-4-6-13(14)16(15)20-17(11)21/h4-7,11-12H,8-10,19H2,1-3H3. The van der Waals surface area contributed by atoms with E-state index in [1.54, 1.807) is 0 Å².